The van der Waals surface area contributed by atoms with Gasteiger partial charge < -0.3 is 16.2 Å². The highest BCUT2D eigenvalue weighted by molar-refractivity contribution is 5.57. The van der Waals surface area contributed by atoms with Crippen molar-refractivity contribution in [2.45, 2.75) is 32.4 Å². The second kappa shape index (κ2) is 5.51. The van der Waals surface area contributed by atoms with Crippen molar-refractivity contribution in [3.8, 4) is 6.07 Å². The SMILES string of the molecule is CC(C)(C)NCC(O)c1cc(F)c(N)c(C#N)c1F. The summed E-state index contributed by atoms with van der Waals surface area (Å²) in [6.45, 7) is 5.66. The number of anilines is 1. The minimum absolute atomic E-state index is 0.0364. The summed E-state index contributed by atoms with van der Waals surface area (Å²) in [5.74, 6) is -1.90. The van der Waals surface area contributed by atoms with Crippen LogP contribution in [0.15, 0.2) is 6.07 Å². The second-order valence-electron chi connectivity index (χ2n) is 5.31. The highest BCUT2D eigenvalue weighted by atomic mass is 19.1. The Morgan fingerprint density at radius 1 is 1.47 bits per heavy atom. The lowest BCUT2D eigenvalue weighted by molar-refractivity contribution is 0.158. The topological polar surface area (TPSA) is 82.1 Å². The van der Waals surface area contributed by atoms with Gasteiger partial charge in [-0.2, -0.15) is 5.26 Å². The van der Waals surface area contributed by atoms with Crippen LogP contribution in [-0.4, -0.2) is 17.2 Å². The molecule has 0 spiro atoms. The van der Waals surface area contributed by atoms with Crippen LogP contribution in [0.3, 0.4) is 0 Å². The largest absolute Gasteiger partial charge is 0.395 e. The number of nitrogens with two attached hydrogens (primary N) is 1. The van der Waals surface area contributed by atoms with Gasteiger partial charge in [-0.1, -0.05) is 0 Å². The number of aliphatic hydroxyl groups excluding tert-OH is 1. The molecule has 0 aliphatic heterocycles. The minimum atomic E-state index is -1.26. The highest BCUT2D eigenvalue weighted by Crippen LogP contribution is 2.27. The molecular formula is C13H17F2N3O. The molecule has 1 aromatic carbocycles. The van der Waals surface area contributed by atoms with Crippen LogP contribution >= 0.6 is 0 Å². The lowest BCUT2D eigenvalue weighted by Crippen LogP contribution is -2.38. The number of rotatable bonds is 3. The summed E-state index contributed by atoms with van der Waals surface area (Å²) in [5, 5.41) is 21.6. The van der Waals surface area contributed by atoms with Crippen LogP contribution < -0.4 is 11.1 Å². The van der Waals surface area contributed by atoms with Gasteiger partial charge in [0.25, 0.3) is 0 Å². The van der Waals surface area contributed by atoms with Crippen molar-refractivity contribution >= 4 is 5.69 Å². The summed E-state index contributed by atoms with van der Waals surface area (Å²) in [6.07, 6.45) is -1.26. The highest BCUT2D eigenvalue weighted by Gasteiger charge is 2.22. The van der Waals surface area contributed by atoms with Crippen LogP contribution in [0.1, 0.15) is 38.0 Å². The lowest BCUT2D eigenvalue weighted by atomic mass is 10.0. The van der Waals surface area contributed by atoms with Crippen molar-refractivity contribution in [1.29, 1.82) is 5.26 Å². The van der Waals surface area contributed by atoms with Crippen molar-refractivity contribution in [3.63, 3.8) is 0 Å². The molecule has 0 aliphatic rings. The smallest absolute Gasteiger partial charge is 0.149 e. The van der Waals surface area contributed by atoms with E-state index in [4.69, 9.17) is 11.0 Å². The van der Waals surface area contributed by atoms with E-state index in [2.05, 4.69) is 5.32 Å². The Morgan fingerprint density at radius 2 is 2.05 bits per heavy atom. The fraction of sp³-hybridized carbons (Fsp3) is 0.462. The van der Waals surface area contributed by atoms with Gasteiger partial charge in [0.1, 0.15) is 23.3 Å². The first kappa shape index (κ1) is 15.3. The number of aliphatic hydroxyl groups is 1. The predicted molar refractivity (Wildman–Crippen MR) is 68.2 cm³/mol. The third kappa shape index (κ3) is 3.63. The number of nitrogens with one attached hydrogen (secondary N) is 1. The predicted octanol–water partition coefficient (Wildman–Crippen LogP) is 1.84. The molecule has 104 valence electrons. The molecule has 0 fully saturated rings. The maximum Gasteiger partial charge on any atom is 0.149 e. The minimum Gasteiger partial charge on any atom is -0.395 e. The molecule has 0 aliphatic carbocycles. The first-order chi connectivity index (χ1) is 8.67. The van der Waals surface area contributed by atoms with E-state index in [1.54, 1.807) is 0 Å². The molecule has 1 atom stereocenters. The van der Waals surface area contributed by atoms with Crippen LogP contribution in [-0.2, 0) is 0 Å². The van der Waals surface area contributed by atoms with Gasteiger partial charge in [0, 0.05) is 17.6 Å². The van der Waals surface area contributed by atoms with E-state index < -0.39 is 29.0 Å². The van der Waals surface area contributed by atoms with Crippen molar-refractivity contribution in [2.24, 2.45) is 0 Å². The van der Waals surface area contributed by atoms with Gasteiger partial charge in [0.15, 0.2) is 0 Å². The number of nitrogens with zero attached hydrogens (tertiary/aromatic N) is 1. The Hall–Kier alpha value is -1.71. The number of benzene rings is 1. The standard InChI is InChI=1S/C13H17F2N3O/c1-13(2,3)18-6-10(19)7-4-9(14)12(17)8(5-16)11(7)15/h4,10,18-19H,6,17H2,1-3H3. The molecule has 0 saturated heterocycles. The molecule has 19 heavy (non-hydrogen) atoms. The Balaban J connectivity index is 3.08. The second-order valence-corrected chi connectivity index (χ2v) is 5.31. The van der Waals surface area contributed by atoms with Gasteiger partial charge in [-0.3, -0.25) is 0 Å². The van der Waals surface area contributed by atoms with Crippen LogP contribution in [0, 0.1) is 23.0 Å². The molecule has 1 unspecified atom stereocenters. The van der Waals surface area contributed by atoms with E-state index in [1.807, 2.05) is 20.8 Å². The number of hydrogen-bond acceptors (Lipinski definition) is 4. The van der Waals surface area contributed by atoms with Gasteiger partial charge in [-0.05, 0) is 26.8 Å². The van der Waals surface area contributed by atoms with E-state index in [9.17, 15) is 13.9 Å². The van der Waals surface area contributed by atoms with Crippen LogP contribution in [0.25, 0.3) is 0 Å². The van der Waals surface area contributed by atoms with Gasteiger partial charge in [-0.15, -0.1) is 0 Å². The molecule has 0 bridgehead atoms. The van der Waals surface area contributed by atoms with E-state index in [0.29, 0.717) is 0 Å². The molecule has 4 N–H and O–H groups in total. The van der Waals surface area contributed by atoms with E-state index in [1.165, 1.54) is 6.07 Å². The fourth-order valence-electron chi connectivity index (χ4n) is 1.52. The van der Waals surface area contributed by atoms with Gasteiger partial charge in [0.2, 0.25) is 0 Å². The van der Waals surface area contributed by atoms with E-state index >= 15 is 0 Å². The zero-order chi connectivity index (χ0) is 14.8. The number of nitrogen functional groups attached to an aromatic ring is 1. The third-order valence-electron chi connectivity index (χ3n) is 2.58. The monoisotopic (exact) mass is 269 g/mol. The molecule has 4 nitrogen and oxygen atoms in total. The van der Waals surface area contributed by atoms with Crippen molar-refractivity contribution < 1.29 is 13.9 Å². The molecule has 0 saturated carbocycles. The summed E-state index contributed by atoms with van der Waals surface area (Å²) in [4.78, 5) is 0. The summed E-state index contributed by atoms with van der Waals surface area (Å²) < 4.78 is 27.4. The number of halogens is 2. The summed E-state index contributed by atoms with van der Waals surface area (Å²) in [7, 11) is 0. The lowest BCUT2D eigenvalue weighted by Gasteiger charge is -2.23. The van der Waals surface area contributed by atoms with Crippen molar-refractivity contribution in [2.75, 3.05) is 12.3 Å². The zero-order valence-electron chi connectivity index (χ0n) is 11.1. The molecule has 0 heterocycles. The Morgan fingerprint density at radius 3 is 2.53 bits per heavy atom. The Kier molecular flexibility index (Phi) is 4.45. The molecule has 0 radical (unpaired) electrons. The van der Waals surface area contributed by atoms with E-state index in [0.717, 1.165) is 6.07 Å². The third-order valence-corrected chi connectivity index (χ3v) is 2.58. The maximum atomic E-state index is 13.9. The van der Waals surface area contributed by atoms with Crippen LogP contribution in [0.2, 0.25) is 0 Å². The molecule has 6 heteroatoms. The summed E-state index contributed by atoms with van der Waals surface area (Å²) >= 11 is 0. The molecule has 0 aromatic heterocycles. The van der Waals surface area contributed by atoms with Crippen molar-refractivity contribution in [1.82, 2.24) is 5.32 Å². The normalized spacial score (nSPS) is 13.1. The number of nitriles is 1. The molecular weight excluding hydrogens is 252 g/mol. The molecule has 1 rings (SSSR count). The average molecular weight is 269 g/mol. The maximum absolute atomic E-state index is 13.9. The summed E-state index contributed by atoms with van der Waals surface area (Å²) in [5.41, 5.74) is 3.60. The number of hydrogen-bond donors (Lipinski definition) is 3. The summed E-state index contributed by atoms with van der Waals surface area (Å²) in [6, 6.07) is 2.32. The van der Waals surface area contributed by atoms with Crippen molar-refractivity contribution in [3.05, 3.63) is 28.8 Å². The Labute approximate surface area is 110 Å². The average Bonchev–Trinajstić information content (AvgIpc) is 2.30. The van der Waals surface area contributed by atoms with Gasteiger partial charge in [-0.25, -0.2) is 8.78 Å². The fourth-order valence-corrected chi connectivity index (χ4v) is 1.52. The van der Waals surface area contributed by atoms with Crippen LogP contribution in [0.4, 0.5) is 14.5 Å². The first-order valence-electron chi connectivity index (χ1n) is 5.78. The molecule has 0 amide bonds. The van der Waals surface area contributed by atoms with Crippen LogP contribution in [0.5, 0.6) is 0 Å². The zero-order valence-corrected chi connectivity index (χ0v) is 11.1. The first-order valence-corrected chi connectivity index (χ1v) is 5.78. The Bertz CT molecular complexity index is 518. The van der Waals surface area contributed by atoms with E-state index in [-0.39, 0.29) is 17.6 Å². The van der Waals surface area contributed by atoms with Gasteiger partial charge >= 0.3 is 0 Å². The number of β-amino-alcohol motifs (C(OH)–C–C–N with tert-alkyl or cyclic N) is 1. The quantitative estimate of drug-likeness (QED) is 0.731. The van der Waals surface area contributed by atoms with Gasteiger partial charge in [0.05, 0.1) is 11.8 Å². The molecule has 1 aromatic rings.